The number of pyridine rings is 1. The molecule has 250 valence electrons. The van der Waals surface area contributed by atoms with Crippen molar-refractivity contribution in [3.8, 4) is 5.88 Å². The van der Waals surface area contributed by atoms with Crippen LogP contribution in [0, 0.1) is 6.92 Å². The first-order valence-electron chi connectivity index (χ1n) is 12.7. The number of rotatable bonds is 11. The van der Waals surface area contributed by atoms with Crippen molar-refractivity contribution in [2.75, 3.05) is 10.6 Å². The van der Waals surface area contributed by atoms with Crippen molar-refractivity contribution in [3.63, 3.8) is 0 Å². The molecule has 0 aliphatic heterocycles. The number of nitrogens with zero attached hydrogens (tertiary/aromatic N) is 6. The molecular weight excluding hydrogens is 708 g/mol. The predicted octanol–water partition coefficient (Wildman–Crippen LogP) is 3.50. The zero-order valence-corrected chi connectivity index (χ0v) is 27.1. The minimum Gasteiger partial charge on any atom is -0.493 e. The van der Waals surface area contributed by atoms with Crippen LogP contribution < -0.4 is 16.2 Å². The third-order valence-corrected chi connectivity index (χ3v) is 8.74. The van der Waals surface area contributed by atoms with Crippen LogP contribution in [0.3, 0.4) is 0 Å². The monoisotopic (exact) mass is 730 g/mol. The van der Waals surface area contributed by atoms with Crippen molar-refractivity contribution >= 4 is 76.6 Å². The molecule has 6 N–H and O–H groups in total. The molecule has 2 heterocycles. The molecule has 19 nitrogen and oxygen atoms in total. The van der Waals surface area contributed by atoms with Gasteiger partial charge in [0.2, 0.25) is 23.1 Å². The molecule has 0 saturated carbocycles. The molecule has 23 heteroatoms. The summed E-state index contributed by atoms with van der Waals surface area (Å²) >= 11 is 6.01. The molecule has 0 aliphatic rings. The van der Waals surface area contributed by atoms with Crippen LogP contribution in [0.15, 0.2) is 67.3 Å². The van der Waals surface area contributed by atoms with Gasteiger partial charge in [-0.15, -0.1) is 10.2 Å². The second-order valence-electron chi connectivity index (χ2n) is 9.41. The number of aromatic hydroxyl groups is 1. The van der Waals surface area contributed by atoms with Crippen LogP contribution in [-0.4, -0.2) is 63.5 Å². The Morgan fingerprint density at radius 2 is 1.49 bits per heavy atom. The predicted molar refractivity (Wildman–Crippen MR) is 166 cm³/mol. The first-order chi connectivity index (χ1) is 21.8. The third kappa shape index (κ3) is 8.62. The van der Waals surface area contributed by atoms with E-state index in [1.165, 1.54) is 32.0 Å². The van der Waals surface area contributed by atoms with Crippen LogP contribution in [0.2, 0.25) is 5.28 Å². The Balaban J connectivity index is 1.74. The molecule has 0 fully saturated rings. The molecule has 2 aromatic heterocycles. The number of azo groups is 1. The fourth-order valence-corrected chi connectivity index (χ4v) is 6.07. The molecule has 4 rings (SSSR count). The first kappa shape index (κ1) is 35.3. The van der Waals surface area contributed by atoms with Crippen molar-refractivity contribution in [3.05, 3.63) is 69.2 Å². The topological polar surface area (TPSA) is 293 Å². The van der Waals surface area contributed by atoms with Crippen LogP contribution in [-0.2, 0) is 42.7 Å². The summed E-state index contributed by atoms with van der Waals surface area (Å²) in [4.78, 5) is 23.5. The lowest BCUT2D eigenvalue weighted by molar-refractivity contribution is 0.411. The van der Waals surface area contributed by atoms with Gasteiger partial charge in [0.1, 0.15) is 22.0 Å². The lowest BCUT2D eigenvalue weighted by Gasteiger charge is -2.14. The summed E-state index contributed by atoms with van der Waals surface area (Å²) < 4.78 is 99.4. The number of anilines is 4. The Hall–Kier alpha value is -4.58. The van der Waals surface area contributed by atoms with Crippen molar-refractivity contribution in [1.29, 1.82) is 0 Å². The normalized spacial score (nSPS) is 12.4. The van der Waals surface area contributed by atoms with E-state index in [2.05, 4.69) is 35.8 Å². The Labute approximate surface area is 271 Å². The van der Waals surface area contributed by atoms with Crippen LogP contribution in [0.5, 0.6) is 5.88 Å². The van der Waals surface area contributed by atoms with E-state index >= 15 is 0 Å². The zero-order chi connectivity index (χ0) is 34.9. The highest BCUT2D eigenvalue weighted by atomic mass is 35.5. The van der Waals surface area contributed by atoms with Gasteiger partial charge in [0, 0.05) is 23.5 Å². The summed E-state index contributed by atoms with van der Waals surface area (Å²) in [6.45, 7) is 2.55. The SMILES string of the molecule is CCn1c(O)c(N=Nc2cc(Nc3nc(Cl)nc(Nc4cccc(S(=O)(=O)O)c4)n3)ccc2S(=O)(=O)O)c(C)c(CS(=O)(=O)O)c1=O. The zero-order valence-electron chi connectivity index (χ0n) is 23.9. The highest BCUT2D eigenvalue weighted by molar-refractivity contribution is 7.86. The molecule has 0 aliphatic carbocycles. The number of hydrogen-bond donors (Lipinski definition) is 6. The number of nitrogens with one attached hydrogen (secondary N) is 2. The van der Waals surface area contributed by atoms with Crippen LogP contribution in [0.1, 0.15) is 18.1 Å². The van der Waals surface area contributed by atoms with Gasteiger partial charge >= 0.3 is 0 Å². The van der Waals surface area contributed by atoms with Gasteiger partial charge in [-0.1, -0.05) is 6.07 Å². The minimum absolute atomic E-state index is 0.0551. The molecule has 4 aromatic rings. The van der Waals surface area contributed by atoms with E-state index in [9.17, 15) is 48.8 Å². The van der Waals surface area contributed by atoms with Crippen LogP contribution in [0.25, 0.3) is 0 Å². The van der Waals surface area contributed by atoms with Gasteiger partial charge in [0.15, 0.2) is 0 Å². The van der Waals surface area contributed by atoms with Gasteiger partial charge in [-0.3, -0.25) is 23.0 Å². The molecule has 0 unspecified atom stereocenters. The van der Waals surface area contributed by atoms with Crippen LogP contribution in [0.4, 0.5) is 34.6 Å². The molecule has 0 spiro atoms. The molecule has 0 radical (unpaired) electrons. The van der Waals surface area contributed by atoms with Crippen molar-refractivity contribution in [2.45, 2.75) is 35.9 Å². The summed E-state index contributed by atoms with van der Waals surface area (Å²) in [5.41, 5.74) is -2.23. The fraction of sp³-hybridized carbons (Fsp3) is 0.167. The van der Waals surface area contributed by atoms with E-state index in [4.69, 9.17) is 11.6 Å². The minimum atomic E-state index is -4.91. The molecule has 0 saturated heterocycles. The molecule has 0 amide bonds. The van der Waals surface area contributed by atoms with E-state index < -0.39 is 74.3 Å². The largest absolute Gasteiger partial charge is 0.493 e. The van der Waals surface area contributed by atoms with Crippen molar-refractivity contribution in [1.82, 2.24) is 19.5 Å². The number of halogens is 1. The summed E-state index contributed by atoms with van der Waals surface area (Å²) in [5, 5.41) is 23.4. The summed E-state index contributed by atoms with van der Waals surface area (Å²) in [7, 11) is -14.1. The van der Waals surface area contributed by atoms with E-state index in [1.54, 1.807) is 0 Å². The van der Waals surface area contributed by atoms with Gasteiger partial charge in [-0.25, -0.2) is 0 Å². The van der Waals surface area contributed by atoms with E-state index in [0.717, 1.165) is 28.8 Å². The Morgan fingerprint density at radius 1 is 0.872 bits per heavy atom. The van der Waals surface area contributed by atoms with Gasteiger partial charge in [0.25, 0.3) is 35.9 Å². The lowest BCUT2D eigenvalue weighted by Crippen LogP contribution is -2.26. The first-order valence-corrected chi connectivity index (χ1v) is 17.6. The quantitative estimate of drug-likeness (QED) is 0.0950. The van der Waals surface area contributed by atoms with E-state index in [-0.39, 0.29) is 40.7 Å². The second-order valence-corrected chi connectivity index (χ2v) is 14.0. The number of benzene rings is 2. The standard InChI is InChI=1S/C24H23ClN8O11S3/c1-3-33-20(34)16(11-45(36,37)38)12(2)19(21(33)35)32-31-17-10-14(7-8-18(17)47(42,43)44)27-24-29-22(25)28-23(30-24)26-13-5-4-6-15(9-13)46(39,40)41/h4-10,35H,3,11H2,1-2H3,(H,36,37,38)(H,39,40,41)(H,42,43,44)(H2,26,27,28,29,30). The summed E-state index contributed by atoms with van der Waals surface area (Å²) in [6.07, 6.45) is 0. The molecule has 0 bridgehead atoms. The smallest absolute Gasteiger partial charge is 0.296 e. The number of aromatic nitrogens is 4. The molecule has 0 atom stereocenters. The maximum absolute atomic E-state index is 12.7. The Kier molecular flexibility index (Phi) is 9.96. The van der Waals surface area contributed by atoms with Gasteiger partial charge in [-0.05, 0) is 67.4 Å². The van der Waals surface area contributed by atoms with Crippen molar-refractivity contribution in [2.24, 2.45) is 10.2 Å². The fourth-order valence-electron chi connectivity index (χ4n) is 4.07. The molecule has 2 aromatic carbocycles. The Bertz CT molecular complexity index is 2320. The van der Waals surface area contributed by atoms with Gasteiger partial charge in [-0.2, -0.15) is 40.2 Å². The highest BCUT2D eigenvalue weighted by Crippen LogP contribution is 2.35. The second kappa shape index (κ2) is 13.3. The molecular formula is C24H23ClN8O11S3. The third-order valence-electron chi connectivity index (χ3n) is 6.17. The Morgan fingerprint density at radius 3 is 2.04 bits per heavy atom. The summed E-state index contributed by atoms with van der Waals surface area (Å²) in [5.74, 6) is -2.22. The highest BCUT2D eigenvalue weighted by Gasteiger charge is 2.23. The van der Waals surface area contributed by atoms with E-state index in [0.29, 0.717) is 0 Å². The number of hydrogen-bond acceptors (Lipinski definition) is 15. The van der Waals surface area contributed by atoms with E-state index in [1.807, 2.05) is 0 Å². The van der Waals surface area contributed by atoms with Crippen LogP contribution >= 0.6 is 11.6 Å². The van der Waals surface area contributed by atoms with Gasteiger partial charge in [0.05, 0.1) is 4.90 Å². The summed E-state index contributed by atoms with van der Waals surface area (Å²) in [6, 6.07) is 8.25. The maximum atomic E-state index is 12.7. The maximum Gasteiger partial charge on any atom is 0.296 e. The lowest BCUT2D eigenvalue weighted by atomic mass is 10.1. The van der Waals surface area contributed by atoms with Gasteiger partial charge < -0.3 is 15.7 Å². The molecule has 47 heavy (non-hydrogen) atoms. The average molecular weight is 731 g/mol. The van der Waals surface area contributed by atoms with Crippen molar-refractivity contribution < 1.29 is 44.0 Å². The average Bonchev–Trinajstić information content (AvgIpc) is 2.94.